The van der Waals surface area contributed by atoms with Gasteiger partial charge in [-0.15, -0.1) is 0 Å². The molecular weight excluding hydrogens is 294 g/mol. The number of benzene rings is 3. The highest BCUT2D eigenvalue weighted by Crippen LogP contribution is 2.20. The lowest BCUT2D eigenvalue weighted by atomic mass is 9.99. The molecule has 0 radical (unpaired) electrons. The molecule has 0 atom stereocenters. The van der Waals surface area contributed by atoms with Crippen LogP contribution >= 0.6 is 0 Å². The highest BCUT2D eigenvalue weighted by atomic mass is 16.1. The summed E-state index contributed by atoms with van der Waals surface area (Å²) in [6, 6.07) is 26.0. The second-order valence-corrected chi connectivity index (χ2v) is 5.75. The smallest absolute Gasteiger partial charge is 0.150 e. The molecule has 0 aromatic heterocycles. The number of carbonyl (C=O) groups is 1. The molecule has 0 saturated carbocycles. The SMILES string of the molecule is N#Cc1ccc(CCc2ccc(-c3ccc(C=O)cc3)cc2)cc1. The Morgan fingerprint density at radius 1 is 0.708 bits per heavy atom. The second kappa shape index (κ2) is 7.39. The van der Waals surface area contributed by atoms with E-state index in [0.717, 1.165) is 30.3 Å². The quantitative estimate of drug-likeness (QED) is 0.634. The number of aldehydes is 1. The molecule has 0 heterocycles. The fourth-order valence-corrected chi connectivity index (χ4v) is 2.65. The third-order valence-corrected chi connectivity index (χ3v) is 4.12. The van der Waals surface area contributed by atoms with Gasteiger partial charge in [0.1, 0.15) is 6.29 Å². The van der Waals surface area contributed by atoms with E-state index >= 15 is 0 Å². The van der Waals surface area contributed by atoms with Gasteiger partial charge in [0.2, 0.25) is 0 Å². The zero-order valence-corrected chi connectivity index (χ0v) is 13.3. The van der Waals surface area contributed by atoms with Gasteiger partial charge in [0.05, 0.1) is 11.6 Å². The van der Waals surface area contributed by atoms with Crippen LogP contribution in [0.1, 0.15) is 27.0 Å². The molecule has 0 unspecified atom stereocenters. The number of hydrogen-bond acceptors (Lipinski definition) is 2. The number of nitriles is 1. The van der Waals surface area contributed by atoms with Gasteiger partial charge in [-0.2, -0.15) is 5.26 Å². The van der Waals surface area contributed by atoms with Crippen molar-refractivity contribution in [1.82, 2.24) is 0 Å². The Balaban J connectivity index is 1.65. The van der Waals surface area contributed by atoms with E-state index in [4.69, 9.17) is 5.26 Å². The molecule has 0 bridgehead atoms. The van der Waals surface area contributed by atoms with Gasteiger partial charge >= 0.3 is 0 Å². The highest BCUT2D eigenvalue weighted by Gasteiger charge is 2.00. The van der Waals surface area contributed by atoms with E-state index in [-0.39, 0.29) is 0 Å². The number of rotatable bonds is 5. The third kappa shape index (κ3) is 3.77. The topological polar surface area (TPSA) is 40.9 Å². The van der Waals surface area contributed by atoms with E-state index in [0.29, 0.717) is 11.1 Å². The van der Waals surface area contributed by atoms with Crippen molar-refractivity contribution in [2.75, 3.05) is 0 Å². The molecular formula is C22H17NO. The molecule has 3 aromatic rings. The minimum absolute atomic E-state index is 0.692. The molecule has 3 aromatic carbocycles. The first kappa shape index (κ1) is 15.7. The van der Waals surface area contributed by atoms with Crippen LogP contribution in [0.3, 0.4) is 0 Å². The minimum atomic E-state index is 0.692. The van der Waals surface area contributed by atoms with Crippen molar-refractivity contribution in [3.8, 4) is 17.2 Å². The van der Waals surface area contributed by atoms with E-state index in [1.165, 1.54) is 11.1 Å². The first-order chi connectivity index (χ1) is 11.8. The first-order valence-electron chi connectivity index (χ1n) is 7.92. The highest BCUT2D eigenvalue weighted by molar-refractivity contribution is 5.76. The largest absolute Gasteiger partial charge is 0.298 e. The van der Waals surface area contributed by atoms with Crippen LogP contribution in [0.2, 0.25) is 0 Å². The molecule has 0 amide bonds. The normalized spacial score (nSPS) is 10.1. The molecule has 2 nitrogen and oxygen atoms in total. The van der Waals surface area contributed by atoms with Gasteiger partial charge in [0.15, 0.2) is 0 Å². The zero-order valence-electron chi connectivity index (χ0n) is 13.3. The summed E-state index contributed by atoms with van der Waals surface area (Å²) in [5, 5.41) is 8.82. The molecule has 2 heteroatoms. The molecule has 0 aliphatic heterocycles. The summed E-state index contributed by atoms with van der Waals surface area (Å²) >= 11 is 0. The maximum Gasteiger partial charge on any atom is 0.150 e. The van der Waals surface area contributed by atoms with Crippen molar-refractivity contribution >= 4 is 6.29 Å². The molecule has 0 N–H and O–H groups in total. The van der Waals surface area contributed by atoms with Crippen LogP contribution in [-0.2, 0) is 12.8 Å². The molecule has 0 saturated heterocycles. The van der Waals surface area contributed by atoms with Crippen LogP contribution in [-0.4, -0.2) is 6.29 Å². The summed E-state index contributed by atoms with van der Waals surface area (Å²) in [4.78, 5) is 10.7. The number of hydrogen-bond donors (Lipinski definition) is 0. The maximum atomic E-state index is 10.7. The van der Waals surface area contributed by atoms with Gasteiger partial charge in [-0.1, -0.05) is 60.7 Å². The number of carbonyl (C=O) groups excluding carboxylic acids is 1. The molecule has 0 aliphatic carbocycles. The van der Waals surface area contributed by atoms with Crippen LogP contribution in [0.25, 0.3) is 11.1 Å². The summed E-state index contributed by atoms with van der Waals surface area (Å²) in [5.74, 6) is 0. The van der Waals surface area contributed by atoms with Crippen LogP contribution < -0.4 is 0 Å². The van der Waals surface area contributed by atoms with E-state index in [2.05, 4.69) is 30.3 Å². The molecule has 0 spiro atoms. The minimum Gasteiger partial charge on any atom is -0.298 e. The van der Waals surface area contributed by atoms with E-state index in [9.17, 15) is 4.79 Å². The molecule has 116 valence electrons. The van der Waals surface area contributed by atoms with Gasteiger partial charge in [0.25, 0.3) is 0 Å². The Labute approximate surface area is 142 Å². The maximum absolute atomic E-state index is 10.7. The molecule has 24 heavy (non-hydrogen) atoms. The van der Waals surface area contributed by atoms with Gasteiger partial charge in [0, 0.05) is 5.56 Å². The lowest BCUT2D eigenvalue weighted by Crippen LogP contribution is -1.91. The summed E-state index contributed by atoms with van der Waals surface area (Å²) < 4.78 is 0. The Hall–Kier alpha value is -3.18. The number of aryl methyl sites for hydroxylation is 2. The Kier molecular flexibility index (Phi) is 4.84. The predicted octanol–water partition coefficient (Wildman–Crippen LogP) is 4.82. The van der Waals surface area contributed by atoms with Crippen LogP contribution in [0, 0.1) is 11.3 Å². The van der Waals surface area contributed by atoms with Crippen LogP contribution in [0.4, 0.5) is 0 Å². The molecule has 0 fully saturated rings. The van der Waals surface area contributed by atoms with Crippen LogP contribution in [0.5, 0.6) is 0 Å². The standard InChI is InChI=1S/C22H17NO/c23-15-19-5-3-17(4-6-19)1-2-18-7-11-21(12-8-18)22-13-9-20(16-24)10-14-22/h3-14,16H,1-2H2. The average molecular weight is 311 g/mol. The average Bonchev–Trinajstić information content (AvgIpc) is 2.67. The first-order valence-corrected chi connectivity index (χ1v) is 7.92. The Bertz CT molecular complexity index is 854. The van der Waals surface area contributed by atoms with Gasteiger partial charge in [-0.3, -0.25) is 4.79 Å². The summed E-state index contributed by atoms with van der Waals surface area (Å²) in [6.45, 7) is 0. The van der Waals surface area contributed by atoms with Crippen molar-refractivity contribution in [2.45, 2.75) is 12.8 Å². The van der Waals surface area contributed by atoms with Crippen molar-refractivity contribution in [1.29, 1.82) is 5.26 Å². The Morgan fingerprint density at radius 2 is 1.17 bits per heavy atom. The molecule has 3 rings (SSSR count). The monoisotopic (exact) mass is 311 g/mol. The Morgan fingerprint density at radius 3 is 1.62 bits per heavy atom. The predicted molar refractivity (Wildman–Crippen MR) is 95.8 cm³/mol. The van der Waals surface area contributed by atoms with E-state index in [1.54, 1.807) is 0 Å². The zero-order chi connectivity index (χ0) is 16.8. The van der Waals surface area contributed by atoms with E-state index < -0.39 is 0 Å². The summed E-state index contributed by atoms with van der Waals surface area (Å²) in [7, 11) is 0. The fourth-order valence-electron chi connectivity index (χ4n) is 2.65. The van der Waals surface area contributed by atoms with Crippen molar-refractivity contribution in [3.05, 3.63) is 95.1 Å². The fraction of sp³-hybridized carbons (Fsp3) is 0.0909. The van der Waals surface area contributed by atoms with Crippen LogP contribution in [0.15, 0.2) is 72.8 Å². The van der Waals surface area contributed by atoms with Gasteiger partial charge in [-0.05, 0) is 47.2 Å². The molecule has 0 aliphatic rings. The lowest BCUT2D eigenvalue weighted by molar-refractivity contribution is 0.112. The van der Waals surface area contributed by atoms with E-state index in [1.807, 2.05) is 48.5 Å². The van der Waals surface area contributed by atoms with Crippen molar-refractivity contribution in [2.24, 2.45) is 0 Å². The summed E-state index contributed by atoms with van der Waals surface area (Å²) in [6.07, 6.45) is 2.78. The lowest BCUT2D eigenvalue weighted by Gasteiger charge is -2.06. The second-order valence-electron chi connectivity index (χ2n) is 5.75. The van der Waals surface area contributed by atoms with Crippen molar-refractivity contribution in [3.63, 3.8) is 0 Å². The summed E-state index contributed by atoms with van der Waals surface area (Å²) in [5.41, 5.74) is 6.17. The van der Waals surface area contributed by atoms with Crippen molar-refractivity contribution < 1.29 is 4.79 Å². The van der Waals surface area contributed by atoms with Gasteiger partial charge in [-0.25, -0.2) is 0 Å². The number of nitrogens with zero attached hydrogens (tertiary/aromatic N) is 1. The van der Waals surface area contributed by atoms with Gasteiger partial charge < -0.3 is 0 Å². The third-order valence-electron chi connectivity index (χ3n) is 4.12.